The molecule has 18 heavy (non-hydrogen) atoms. The Morgan fingerprint density at radius 2 is 2.11 bits per heavy atom. The van der Waals surface area contributed by atoms with Crippen molar-refractivity contribution < 1.29 is 4.74 Å². The van der Waals surface area contributed by atoms with Gasteiger partial charge < -0.3 is 15.0 Å². The number of hydrogen-bond donors (Lipinski definition) is 1. The summed E-state index contributed by atoms with van der Waals surface area (Å²) in [5, 5.41) is 1.04. The van der Waals surface area contributed by atoms with E-state index in [4.69, 9.17) is 10.5 Å². The van der Waals surface area contributed by atoms with E-state index in [1.807, 2.05) is 41.1 Å². The van der Waals surface area contributed by atoms with Gasteiger partial charge in [0.1, 0.15) is 11.6 Å². The summed E-state index contributed by atoms with van der Waals surface area (Å²) in [5.41, 5.74) is 6.63. The van der Waals surface area contributed by atoms with Gasteiger partial charge in [-0.15, -0.1) is 0 Å². The monoisotopic (exact) mass is 240 g/mol. The van der Waals surface area contributed by atoms with E-state index in [-0.39, 0.29) is 5.95 Å². The minimum Gasteiger partial charge on any atom is -0.496 e. The first-order chi connectivity index (χ1) is 8.79. The van der Waals surface area contributed by atoms with Gasteiger partial charge in [0, 0.05) is 17.8 Å². The quantitative estimate of drug-likeness (QED) is 0.744. The highest BCUT2D eigenvalue weighted by atomic mass is 16.5. The zero-order valence-electron chi connectivity index (χ0n) is 9.87. The Kier molecular flexibility index (Phi) is 2.37. The highest BCUT2D eigenvalue weighted by Gasteiger charge is 2.08. The number of benzene rings is 1. The Morgan fingerprint density at radius 1 is 1.22 bits per heavy atom. The van der Waals surface area contributed by atoms with E-state index in [0.29, 0.717) is 0 Å². The number of rotatable bonds is 2. The lowest BCUT2D eigenvalue weighted by Crippen LogP contribution is -2.00. The van der Waals surface area contributed by atoms with Crippen LogP contribution in [0.15, 0.2) is 42.7 Å². The summed E-state index contributed by atoms with van der Waals surface area (Å²) in [6, 6.07) is 9.70. The molecule has 2 heterocycles. The number of nitrogen functional groups attached to an aromatic ring is 1. The number of anilines is 1. The first-order valence-electron chi connectivity index (χ1n) is 5.52. The van der Waals surface area contributed by atoms with Gasteiger partial charge in [-0.1, -0.05) is 6.07 Å². The first-order valence-corrected chi connectivity index (χ1v) is 5.52. The zero-order valence-corrected chi connectivity index (χ0v) is 9.87. The number of fused-ring (bicyclic) bond motifs is 1. The third-order valence-electron chi connectivity index (χ3n) is 2.82. The second kappa shape index (κ2) is 4.03. The third kappa shape index (κ3) is 1.57. The fourth-order valence-electron chi connectivity index (χ4n) is 2.02. The van der Waals surface area contributed by atoms with Crippen LogP contribution in [0, 0.1) is 0 Å². The molecule has 2 N–H and O–H groups in total. The highest BCUT2D eigenvalue weighted by Crippen LogP contribution is 2.27. The fraction of sp³-hybridized carbons (Fsp3) is 0.0769. The molecule has 0 aliphatic carbocycles. The van der Waals surface area contributed by atoms with Gasteiger partial charge in [-0.3, -0.25) is 0 Å². The highest BCUT2D eigenvalue weighted by molar-refractivity contribution is 5.87. The van der Waals surface area contributed by atoms with Crippen LogP contribution in [0.4, 0.5) is 5.95 Å². The minimum absolute atomic E-state index is 0.261. The first kappa shape index (κ1) is 10.6. The Hall–Kier alpha value is -2.56. The number of ether oxygens (including phenoxy) is 1. The van der Waals surface area contributed by atoms with Crippen molar-refractivity contribution in [3.05, 3.63) is 42.7 Å². The molecule has 0 bridgehead atoms. The maximum absolute atomic E-state index is 5.60. The molecule has 0 aliphatic heterocycles. The molecule has 0 unspecified atom stereocenters. The van der Waals surface area contributed by atoms with E-state index in [2.05, 4.69) is 9.97 Å². The summed E-state index contributed by atoms with van der Waals surface area (Å²) in [6.45, 7) is 0. The average molecular weight is 240 g/mol. The molecule has 90 valence electrons. The molecule has 0 amide bonds. The van der Waals surface area contributed by atoms with Gasteiger partial charge in [-0.25, -0.2) is 4.98 Å². The predicted octanol–water partition coefficient (Wildman–Crippen LogP) is 2.01. The van der Waals surface area contributed by atoms with Crippen LogP contribution >= 0.6 is 0 Å². The fourth-order valence-corrected chi connectivity index (χ4v) is 2.02. The van der Waals surface area contributed by atoms with Gasteiger partial charge in [0.15, 0.2) is 0 Å². The van der Waals surface area contributed by atoms with Crippen molar-refractivity contribution in [2.45, 2.75) is 0 Å². The minimum atomic E-state index is 0.261. The topological polar surface area (TPSA) is 66.0 Å². The Morgan fingerprint density at radius 3 is 2.89 bits per heavy atom. The molecule has 0 saturated carbocycles. The summed E-state index contributed by atoms with van der Waals surface area (Å²) < 4.78 is 7.28. The smallest absolute Gasteiger partial charge is 0.221 e. The van der Waals surface area contributed by atoms with Crippen LogP contribution in [-0.2, 0) is 0 Å². The average Bonchev–Trinajstić information content (AvgIpc) is 2.82. The summed E-state index contributed by atoms with van der Waals surface area (Å²) in [4.78, 5) is 8.10. The molecule has 0 radical (unpaired) electrons. The summed E-state index contributed by atoms with van der Waals surface area (Å²) in [5.74, 6) is 1.84. The van der Waals surface area contributed by atoms with Crippen LogP contribution in [-0.4, -0.2) is 21.6 Å². The number of nitrogens with two attached hydrogens (primary N) is 1. The van der Waals surface area contributed by atoms with E-state index < -0.39 is 0 Å². The molecule has 0 spiro atoms. The predicted molar refractivity (Wildman–Crippen MR) is 69.8 cm³/mol. The molecule has 1 aromatic carbocycles. The lowest BCUT2D eigenvalue weighted by atomic mass is 10.2. The number of aromatic nitrogens is 3. The van der Waals surface area contributed by atoms with Gasteiger partial charge in [-0.05, 0) is 24.3 Å². The van der Waals surface area contributed by atoms with Crippen LogP contribution in [0.3, 0.4) is 0 Å². The molecule has 5 nitrogen and oxygen atoms in total. The van der Waals surface area contributed by atoms with Crippen LogP contribution in [0.1, 0.15) is 0 Å². The van der Waals surface area contributed by atoms with Crippen molar-refractivity contribution in [2.24, 2.45) is 0 Å². The molecule has 0 aliphatic rings. The van der Waals surface area contributed by atoms with E-state index in [1.165, 1.54) is 0 Å². The van der Waals surface area contributed by atoms with Gasteiger partial charge in [0.25, 0.3) is 0 Å². The molecule has 0 fully saturated rings. The normalized spacial score (nSPS) is 10.7. The third-order valence-corrected chi connectivity index (χ3v) is 2.82. The van der Waals surface area contributed by atoms with Gasteiger partial charge in [0.05, 0.1) is 12.6 Å². The van der Waals surface area contributed by atoms with Crippen molar-refractivity contribution in [1.29, 1.82) is 0 Å². The van der Waals surface area contributed by atoms with E-state index in [1.54, 1.807) is 13.3 Å². The number of nitrogens with zero attached hydrogens (tertiary/aromatic N) is 3. The molecule has 3 aromatic rings. The van der Waals surface area contributed by atoms with Gasteiger partial charge in [-0.2, -0.15) is 4.98 Å². The number of hydrogen-bond acceptors (Lipinski definition) is 4. The van der Waals surface area contributed by atoms with E-state index in [9.17, 15) is 0 Å². The molecular weight excluding hydrogens is 228 g/mol. The van der Waals surface area contributed by atoms with E-state index >= 15 is 0 Å². The van der Waals surface area contributed by atoms with Crippen LogP contribution < -0.4 is 10.5 Å². The van der Waals surface area contributed by atoms with Crippen molar-refractivity contribution in [2.75, 3.05) is 12.8 Å². The molecule has 0 atom stereocenters. The SMILES string of the molecule is COc1cccc2c1ccn2-c1ccnc(N)n1. The summed E-state index contributed by atoms with van der Waals surface area (Å²) in [7, 11) is 1.66. The van der Waals surface area contributed by atoms with Crippen molar-refractivity contribution in [3.8, 4) is 11.6 Å². The lowest BCUT2D eigenvalue weighted by molar-refractivity contribution is 0.420. The molecule has 3 rings (SSSR count). The Bertz CT molecular complexity index is 705. The largest absolute Gasteiger partial charge is 0.496 e. The van der Waals surface area contributed by atoms with Crippen LogP contribution in [0.5, 0.6) is 5.75 Å². The maximum Gasteiger partial charge on any atom is 0.221 e. The molecule has 2 aromatic heterocycles. The Balaban J connectivity index is 2.25. The summed E-state index contributed by atoms with van der Waals surface area (Å²) in [6.07, 6.45) is 3.58. The van der Waals surface area contributed by atoms with Crippen molar-refractivity contribution in [3.63, 3.8) is 0 Å². The maximum atomic E-state index is 5.60. The molecular formula is C13H12N4O. The molecule has 5 heteroatoms. The van der Waals surface area contributed by atoms with Crippen LogP contribution in [0.2, 0.25) is 0 Å². The summed E-state index contributed by atoms with van der Waals surface area (Å²) >= 11 is 0. The second-order valence-corrected chi connectivity index (χ2v) is 3.85. The zero-order chi connectivity index (χ0) is 12.5. The van der Waals surface area contributed by atoms with E-state index in [0.717, 1.165) is 22.5 Å². The Labute approximate surface area is 104 Å². The molecule has 0 saturated heterocycles. The van der Waals surface area contributed by atoms with Gasteiger partial charge >= 0.3 is 0 Å². The lowest BCUT2D eigenvalue weighted by Gasteiger charge is -2.06. The van der Waals surface area contributed by atoms with Crippen molar-refractivity contribution in [1.82, 2.24) is 14.5 Å². The second-order valence-electron chi connectivity index (χ2n) is 3.85. The van der Waals surface area contributed by atoms with Crippen LogP contribution in [0.25, 0.3) is 16.7 Å². The van der Waals surface area contributed by atoms with Gasteiger partial charge in [0.2, 0.25) is 5.95 Å². The van der Waals surface area contributed by atoms with Crippen molar-refractivity contribution >= 4 is 16.9 Å². The number of methoxy groups -OCH3 is 1. The standard InChI is InChI=1S/C13H12N4O/c1-18-11-4-2-3-10-9(11)6-8-17(10)12-5-7-15-13(14)16-12/h2-8H,1H3,(H2,14,15,16).